The van der Waals surface area contributed by atoms with Crippen molar-refractivity contribution in [3.05, 3.63) is 23.3 Å². The maximum Gasteiger partial charge on any atom is 0.252 e. The average Bonchev–Trinajstić information content (AvgIpc) is 3.15. The van der Waals surface area contributed by atoms with E-state index in [0.29, 0.717) is 19.1 Å². The second-order valence-corrected chi connectivity index (χ2v) is 6.75. The van der Waals surface area contributed by atoms with Crippen LogP contribution in [0.25, 0.3) is 0 Å². The Balaban J connectivity index is 1.46. The second-order valence-electron chi connectivity index (χ2n) is 6.75. The summed E-state index contributed by atoms with van der Waals surface area (Å²) in [4.78, 5) is 23.8. The number of piperidine rings is 1. The Labute approximate surface area is 136 Å². The minimum absolute atomic E-state index is 0.133. The molecule has 1 aromatic heterocycles. The van der Waals surface area contributed by atoms with Crippen LogP contribution < -0.4 is 5.32 Å². The van der Waals surface area contributed by atoms with Crippen LogP contribution in [0.2, 0.25) is 0 Å². The Morgan fingerprint density at radius 1 is 1.35 bits per heavy atom. The van der Waals surface area contributed by atoms with E-state index in [1.165, 1.54) is 6.42 Å². The highest BCUT2D eigenvalue weighted by Crippen LogP contribution is 2.24. The van der Waals surface area contributed by atoms with Gasteiger partial charge < -0.3 is 15.0 Å². The number of nitrogens with zero attached hydrogens (tertiary/aromatic N) is 3. The van der Waals surface area contributed by atoms with E-state index in [-0.39, 0.29) is 12.0 Å². The van der Waals surface area contributed by atoms with Gasteiger partial charge in [0.2, 0.25) is 0 Å². The van der Waals surface area contributed by atoms with E-state index in [1.54, 1.807) is 0 Å². The molecule has 2 atom stereocenters. The van der Waals surface area contributed by atoms with Crippen molar-refractivity contribution < 1.29 is 9.53 Å². The Morgan fingerprint density at radius 3 is 3.09 bits per heavy atom. The van der Waals surface area contributed by atoms with Gasteiger partial charge in [-0.15, -0.1) is 0 Å². The fourth-order valence-corrected chi connectivity index (χ4v) is 3.76. The maximum absolute atomic E-state index is 12.5. The first kappa shape index (κ1) is 15.0. The van der Waals surface area contributed by atoms with Crippen molar-refractivity contribution in [3.8, 4) is 0 Å². The van der Waals surface area contributed by atoms with Crippen LogP contribution in [0.1, 0.15) is 48.7 Å². The predicted molar refractivity (Wildman–Crippen MR) is 85.0 cm³/mol. The van der Waals surface area contributed by atoms with Crippen LogP contribution in [0.4, 0.5) is 0 Å². The van der Waals surface area contributed by atoms with Gasteiger partial charge >= 0.3 is 0 Å². The number of rotatable bonds is 2. The number of ether oxygens (including phenoxy) is 1. The summed E-state index contributed by atoms with van der Waals surface area (Å²) in [7, 11) is 0. The lowest BCUT2D eigenvalue weighted by Crippen LogP contribution is -2.42. The molecule has 0 bridgehead atoms. The molecule has 6 nitrogen and oxygen atoms in total. The third-order valence-corrected chi connectivity index (χ3v) is 5.13. The summed E-state index contributed by atoms with van der Waals surface area (Å²) >= 11 is 0. The highest BCUT2D eigenvalue weighted by molar-refractivity contribution is 5.81. The first-order valence-electron chi connectivity index (χ1n) is 8.77. The summed E-state index contributed by atoms with van der Waals surface area (Å²) in [6.07, 6.45) is 6.72. The number of hydrogen-bond acceptors (Lipinski definition) is 5. The summed E-state index contributed by atoms with van der Waals surface area (Å²) in [6.45, 7) is 4.15. The van der Waals surface area contributed by atoms with Crippen molar-refractivity contribution in [3.63, 3.8) is 0 Å². The quantitative estimate of drug-likeness (QED) is 0.882. The molecule has 0 aromatic carbocycles. The Bertz CT molecular complexity index is 580. The van der Waals surface area contributed by atoms with E-state index in [0.717, 1.165) is 62.4 Å². The van der Waals surface area contributed by atoms with Crippen molar-refractivity contribution in [2.45, 2.75) is 50.7 Å². The van der Waals surface area contributed by atoms with E-state index >= 15 is 0 Å². The van der Waals surface area contributed by atoms with Gasteiger partial charge in [0.25, 0.3) is 5.91 Å². The molecule has 1 amide bonds. The molecule has 0 saturated carbocycles. The van der Waals surface area contributed by atoms with E-state index in [2.05, 4.69) is 10.3 Å². The molecule has 6 heteroatoms. The third-order valence-electron chi connectivity index (χ3n) is 5.13. The number of hydrogen-bond donors (Lipinski definition) is 1. The standard InChI is InChI=1S/C17H24N4O2/c22-17(15-4-2-8-23-15)21-7-5-14-13(11-21)10-19-16(20-14)12-3-1-6-18-9-12/h10,12,15,18H,1-9,11H2/t12-,15-/m0/s1. The number of carbonyl (C=O) groups is 1. The van der Waals surface area contributed by atoms with Gasteiger partial charge in [-0.05, 0) is 32.2 Å². The normalized spacial score (nSPS) is 27.7. The predicted octanol–water partition coefficient (Wildman–Crippen LogP) is 1.01. The van der Waals surface area contributed by atoms with Gasteiger partial charge in [0.15, 0.2) is 0 Å². The smallest absolute Gasteiger partial charge is 0.252 e. The van der Waals surface area contributed by atoms with Crippen LogP contribution in [0.3, 0.4) is 0 Å². The van der Waals surface area contributed by atoms with Gasteiger partial charge in [0.1, 0.15) is 11.9 Å². The molecule has 1 aromatic rings. The number of aromatic nitrogens is 2. The van der Waals surface area contributed by atoms with Gasteiger partial charge in [-0.3, -0.25) is 4.79 Å². The van der Waals surface area contributed by atoms with E-state index in [1.807, 2.05) is 11.1 Å². The summed E-state index contributed by atoms with van der Waals surface area (Å²) in [5.74, 6) is 1.53. The third kappa shape index (κ3) is 3.10. The molecule has 2 fully saturated rings. The molecule has 3 aliphatic heterocycles. The second kappa shape index (κ2) is 6.53. The number of fused-ring (bicyclic) bond motifs is 1. The molecule has 4 heterocycles. The lowest BCUT2D eigenvalue weighted by molar-refractivity contribution is -0.141. The first-order valence-corrected chi connectivity index (χ1v) is 8.77. The molecule has 2 saturated heterocycles. The lowest BCUT2D eigenvalue weighted by atomic mass is 9.98. The molecule has 0 radical (unpaired) electrons. The van der Waals surface area contributed by atoms with Gasteiger partial charge in [-0.1, -0.05) is 0 Å². The minimum atomic E-state index is -0.231. The van der Waals surface area contributed by atoms with Gasteiger partial charge in [0, 0.05) is 50.3 Å². The molecule has 0 aliphatic carbocycles. The Kier molecular flexibility index (Phi) is 4.27. The monoisotopic (exact) mass is 316 g/mol. The van der Waals surface area contributed by atoms with E-state index < -0.39 is 0 Å². The highest BCUT2D eigenvalue weighted by atomic mass is 16.5. The van der Waals surface area contributed by atoms with Crippen LogP contribution in [-0.4, -0.2) is 53.1 Å². The van der Waals surface area contributed by atoms with Crippen LogP contribution in [-0.2, 0) is 22.5 Å². The zero-order chi connectivity index (χ0) is 15.6. The average molecular weight is 316 g/mol. The summed E-state index contributed by atoms with van der Waals surface area (Å²) in [5.41, 5.74) is 2.21. The van der Waals surface area contributed by atoms with Crippen LogP contribution in [0, 0.1) is 0 Å². The molecular formula is C17H24N4O2. The molecule has 3 aliphatic rings. The van der Waals surface area contributed by atoms with E-state index in [4.69, 9.17) is 9.72 Å². The molecule has 1 N–H and O–H groups in total. The van der Waals surface area contributed by atoms with E-state index in [9.17, 15) is 4.79 Å². The minimum Gasteiger partial charge on any atom is -0.368 e. The molecule has 124 valence electrons. The van der Waals surface area contributed by atoms with Crippen molar-refractivity contribution in [2.75, 3.05) is 26.2 Å². The fourth-order valence-electron chi connectivity index (χ4n) is 3.76. The summed E-state index contributed by atoms with van der Waals surface area (Å²) in [6, 6.07) is 0. The zero-order valence-corrected chi connectivity index (χ0v) is 13.5. The molecular weight excluding hydrogens is 292 g/mol. The van der Waals surface area contributed by atoms with Gasteiger partial charge in [-0.2, -0.15) is 0 Å². The van der Waals surface area contributed by atoms with Crippen LogP contribution in [0.5, 0.6) is 0 Å². The molecule has 4 rings (SSSR count). The van der Waals surface area contributed by atoms with Crippen molar-refractivity contribution >= 4 is 5.91 Å². The zero-order valence-electron chi connectivity index (χ0n) is 13.5. The summed E-state index contributed by atoms with van der Waals surface area (Å²) in [5, 5.41) is 3.42. The van der Waals surface area contributed by atoms with Crippen LogP contribution >= 0.6 is 0 Å². The maximum atomic E-state index is 12.5. The number of amides is 1. The molecule has 23 heavy (non-hydrogen) atoms. The van der Waals surface area contributed by atoms with Crippen molar-refractivity contribution in [1.82, 2.24) is 20.2 Å². The molecule has 0 unspecified atom stereocenters. The molecule has 0 spiro atoms. The Morgan fingerprint density at radius 2 is 2.30 bits per heavy atom. The fraction of sp³-hybridized carbons (Fsp3) is 0.706. The lowest BCUT2D eigenvalue weighted by Gasteiger charge is -2.30. The van der Waals surface area contributed by atoms with Gasteiger partial charge in [-0.25, -0.2) is 9.97 Å². The Hall–Kier alpha value is -1.53. The van der Waals surface area contributed by atoms with Crippen molar-refractivity contribution in [1.29, 1.82) is 0 Å². The largest absolute Gasteiger partial charge is 0.368 e. The number of carbonyl (C=O) groups excluding carboxylic acids is 1. The van der Waals surface area contributed by atoms with Crippen molar-refractivity contribution in [2.24, 2.45) is 0 Å². The number of nitrogens with one attached hydrogen (secondary N) is 1. The first-order chi connectivity index (χ1) is 11.3. The summed E-state index contributed by atoms with van der Waals surface area (Å²) < 4.78 is 5.52. The topological polar surface area (TPSA) is 67.3 Å². The highest BCUT2D eigenvalue weighted by Gasteiger charge is 2.31. The SMILES string of the molecule is O=C([C@@H]1CCCO1)N1CCc2nc([C@H]3CCCNC3)ncc2C1. The van der Waals surface area contributed by atoms with Gasteiger partial charge in [0.05, 0.1) is 5.69 Å². The van der Waals surface area contributed by atoms with Crippen LogP contribution in [0.15, 0.2) is 6.20 Å².